The van der Waals surface area contributed by atoms with Gasteiger partial charge in [0.15, 0.2) is 0 Å². The number of halogens is 1. The van der Waals surface area contributed by atoms with Gasteiger partial charge in [0.05, 0.1) is 17.1 Å². The SMILES string of the molecule is Fc1ccc2nc(C3NCCc4ccccc43)[nH]c2c1. The van der Waals surface area contributed by atoms with Crippen molar-refractivity contribution < 1.29 is 4.39 Å². The van der Waals surface area contributed by atoms with Crippen LogP contribution >= 0.6 is 0 Å². The summed E-state index contributed by atoms with van der Waals surface area (Å²) in [7, 11) is 0. The van der Waals surface area contributed by atoms with E-state index in [0.717, 1.165) is 29.8 Å². The Morgan fingerprint density at radius 1 is 1.15 bits per heavy atom. The number of nitrogens with zero attached hydrogens (tertiary/aromatic N) is 1. The lowest BCUT2D eigenvalue weighted by Gasteiger charge is -2.25. The van der Waals surface area contributed by atoms with Crippen molar-refractivity contribution in [2.75, 3.05) is 6.54 Å². The molecule has 3 nitrogen and oxygen atoms in total. The number of aromatic amines is 1. The second-order valence-corrected chi connectivity index (χ2v) is 5.12. The van der Waals surface area contributed by atoms with Crippen molar-refractivity contribution in [1.82, 2.24) is 15.3 Å². The van der Waals surface area contributed by atoms with Crippen molar-refractivity contribution in [2.45, 2.75) is 12.5 Å². The zero-order valence-electron chi connectivity index (χ0n) is 10.9. The molecule has 2 aromatic carbocycles. The lowest BCUT2D eigenvalue weighted by atomic mass is 9.94. The minimum absolute atomic E-state index is 0.0513. The third kappa shape index (κ3) is 1.80. The minimum Gasteiger partial charge on any atom is -0.340 e. The predicted molar refractivity (Wildman–Crippen MR) is 76.0 cm³/mol. The molecule has 0 bridgehead atoms. The van der Waals surface area contributed by atoms with Gasteiger partial charge in [0.25, 0.3) is 0 Å². The van der Waals surface area contributed by atoms with E-state index in [1.54, 1.807) is 6.07 Å². The minimum atomic E-state index is -0.246. The molecule has 1 unspecified atom stereocenters. The monoisotopic (exact) mass is 267 g/mol. The maximum absolute atomic E-state index is 13.3. The first kappa shape index (κ1) is 11.6. The van der Waals surface area contributed by atoms with E-state index in [9.17, 15) is 4.39 Å². The second kappa shape index (κ2) is 4.42. The molecule has 0 fully saturated rings. The van der Waals surface area contributed by atoms with Crippen molar-refractivity contribution in [3.05, 3.63) is 65.2 Å². The van der Waals surface area contributed by atoms with E-state index in [-0.39, 0.29) is 11.9 Å². The zero-order valence-corrected chi connectivity index (χ0v) is 10.9. The number of H-pyrrole nitrogens is 1. The van der Waals surface area contributed by atoms with E-state index in [1.807, 2.05) is 6.07 Å². The fourth-order valence-electron chi connectivity index (χ4n) is 2.89. The predicted octanol–water partition coefficient (Wildman–Crippen LogP) is 2.94. The van der Waals surface area contributed by atoms with Gasteiger partial charge in [-0.1, -0.05) is 24.3 Å². The molecule has 4 rings (SSSR count). The fourth-order valence-corrected chi connectivity index (χ4v) is 2.89. The molecule has 1 aliphatic heterocycles. The highest BCUT2D eigenvalue weighted by Crippen LogP contribution is 2.28. The van der Waals surface area contributed by atoms with E-state index < -0.39 is 0 Å². The number of benzene rings is 2. The van der Waals surface area contributed by atoms with Gasteiger partial charge in [-0.2, -0.15) is 0 Å². The molecule has 1 aromatic heterocycles. The topological polar surface area (TPSA) is 40.7 Å². The Balaban J connectivity index is 1.84. The van der Waals surface area contributed by atoms with Gasteiger partial charge in [0.1, 0.15) is 11.6 Å². The summed E-state index contributed by atoms with van der Waals surface area (Å²) in [5.41, 5.74) is 4.14. The molecule has 3 aromatic rings. The van der Waals surface area contributed by atoms with Crippen LogP contribution in [0.5, 0.6) is 0 Å². The molecule has 0 saturated carbocycles. The van der Waals surface area contributed by atoms with Crippen molar-refractivity contribution in [1.29, 1.82) is 0 Å². The highest BCUT2D eigenvalue weighted by molar-refractivity contribution is 5.75. The molecule has 0 radical (unpaired) electrons. The average molecular weight is 267 g/mol. The Bertz CT molecular complexity index is 778. The first-order valence-electron chi connectivity index (χ1n) is 6.77. The number of nitrogens with one attached hydrogen (secondary N) is 2. The number of hydrogen-bond acceptors (Lipinski definition) is 2. The molecule has 0 aliphatic carbocycles. The summed E-state index contributed by atoms with van der Waals surface area (Å²) >= 11 is 0. The Hall–Kier alpha value is -2.20. The van der Waals surface area contributed by atoms with Crippen molar-refractivity contribution in [2.24, 2.45) is 0 Å². The van der Waals surface area contributed by atoms with Crippen LogP contribution < -0.4 is 5.32 Å². The van der Waals surface area contributed by atoms with Gasteiger partial charge < -0.3 is 10.3 Å². The lowest BCUT2D eigenvalue weighted by molar-refractivity contribution is 0.549. The Morgan fingerprint density at radius 2 is 2.05 bits per heavy atom. The molecule has 100 valence electrons. The lowest BCUT2D eigenvalue weighted by Crippen LogP contribution is -2.31. The van der Waals surface area contributed by atoms with Gasteiger partial charge >= 0.3 is 0 Å². The van der Waals surface area contributed by atoms with Crippen LogP contribution in [0, 0.1) is 5.82 Å². The van der Waals surface area contributed by atoms with E-state index in [1.165, 1.54) is 23.3 Å². The smallest absolute Gasteiger partial charge is 0.129 e. The fraction of sp³-hybridized carbons (Fsp3) is 0.188. The van der Waals surface area contributed by atoms with Gasteiger partial charge in [-0.25, -0.2) is 9.37 Å². The Morgan fingerprint density at radius 3 is 3.00 bits per heavy atom. The number of hydrogen-bond donors (Lipinski definition) is 2. The molecule has 0 spiro atoms. The molecule has 1 aliphatic rings. The van der Waals surface area contributed by atoms with E-state index >= 15 is 0 Å². The van der Waals surface area contributed by atoms with Crippen LogP contribution in [0.3, 0.4) is 0 Å². The van der Waals surface area contributed by atoms with Crippen LogP contribution in [0.1, 0.15) is 23.0 Å². The van der Waals surface area contributed by atoms with Crippen LogP contribution in [0.4, 0.5) is 4.39 Å². The van der Waals surface area contributed by atoms with Crippen LogP contribution in [0.15, 0.2) is 42.5 Å². The quantitative estimate of drug-likeness (QED) is 0.711. The van der Waals surface area contributed by atoms with E-state index in [2.05, 4.69) is 33.5 Å². The standard InChI is InChI=1S/C16H14FN3/c17-11-5-6-13-14(9-11)20-16(19-13)15-12-4-2-1-3-10(12)7-8-18-15/h1-6,9,15,18H,7-8H2,(H,19,20). The largest absolute Gasteiger partial charge is 0.340 e. The van der Waals surface area contributed by atoms with Gasteiger partial charge in [-0.15, -0.1) is 0 Å². The number of rotatable bonds is 1. The van der Waals surface area contributed by atoms with Crippen molar-refractivity contribution >= 4 is 11.0 Å². The second-order valence-electron chi connectivity index (χ2n) is 5.12. The highest BCUT2D eigenvalue weighted by Gasteiger charge is 2.23. The van der Waals surface area contributed by atoms with Gasteiger partial charge in [-0.3, -0.25) is 0 Å². The normalized spacial score (nSPS) is 18.1. The Kier molecular flexibility index (Phi) is 2.57. The van der Waals surface area contributed by atoms with Crippen molar-refractivity contribution in [3.63, 3.8) is 0 Å². The molecular formula is C16H14FN3. The van der Waals surface area contributed by atoms with Crippen LogP contribution in [-0.2, 0) is 6.42 Å². The summed E-state index contributed by atoms with van der Waals surface area (Å²) in [5, 5.41) is 3.48. The van der Waals surface area contributed by atoms with Crippen LogP contribution in [-0.4, -0.2) is 16.5 Å². The molecular weight excluding hydrogens is 253 g/mol. The summed E-state index contributed by atoms with van der Waals surface area (Å²) in [6.07, 6.45) is 1.03. The molecule has 2 N–H and O–H groups in total. The average Bonchev–Trinajstić information content (AvgIpc) is 2.89. The first-order valence-corrected chi connectivity index (χ1v) is 6.77. The molecule has 2 heterocycles. The maximum Gasteiger partial charge on any atom is 0.129 e. The third-order valence-corrected chi connectivity index (χ3v) is 3.84. The third-order valence-electron chi connectivity index (χ3n) is 3.84. The summed E-state index contributed by atoms with van der Waals surface area (Å²) in [4.78, 5) is 7.83. The summed E-state index contributed by atoms with van der Waals surface area (Å²) < 4.78 is 13.3. The summed E-state index contributed by atoms with van der Waals surface area (Å²) in [6.45, 7) is 0.924. The first-order chi connectivity index (χ1) is 9.81. The van der Waals surface area contributed by atoms with E-state index in [0.29, 0.717) is 0 Å². The molecule has 4 heteroatoms. The van der Waals surface area contributed by atoms with Crippen molar-refractivity contribution in [3.8, 4) is 0 Å². The molecule has 0 saturated heterocycles. The number of fused-ring (bicyclic) bond motifs is 2. The number of imidazole rings is 1. The summed E-state index contributed by atoms with van der Waals surface area (Å²) in [5.74, 6) is 0.599. The van der Waals surface area contributed by atoms with Crippen LogP contribution in [0.25, 0.3) is 11.0 Å². The summed E-state index contributed by atoms with van der Waals surface area (Å²) in [6, 6.07) is 13.1. The molecule has 20 heavy (non-hydrogen) atoms. The van der Waals surface area contributed by atoms with Crippen LogP contribution in [0.2, 0.25) is 0 Å². The van der Waals surface area contributed by atoms with Gasteiger partial charge in [0.2, 0.25) is 0 Å². The zero-order chi connectivity index (χ0) is 13.5. The Labute approximate surface area is 115 Å². The molecule has 0 amide bonds. The van der Waals surface area contributed by atoms with Gasteiger partial charge in [-0.05, 0) is 35.7 Å². The molecule has 1 atom stereocenters. The maximum atomic E-state index is 13.3. The van der Waals surface area contributed by atoms with E-state index in [4.69, 9.17) is 0 Å². The van der Waals surface area contributed by atoms with Gasteiger partial charge in [0, 0.05) is 6.54 Å². The highest BCUT2D eigenvalue weighted by atomic mass is 19.1. The number of aromatic nitrogens is 2.